The van der Waals surface area contributed by atoms with Crippen molar-refractivity contribution < 1.29 is 13.2 Å². The molecule has 0 heterocycles. The van der Waals surface area contributed by atoms with Crippen molar-refractivity contribution in [3.05, 3.63) is 64.7 Å². The second-order valence-electron chi connectivity index (χ2n) is 7.92. The molecule has 0 unspecified atom stereocenters. The molecule has 5 nitrogen and oxygen atoms in total. The van der Waals surface area contributed by atoms with E-state index in [1.807, 2.05) is 44.2 Å². The lowest BCUT2D eigenvalue weighted by Crippen LogP contribution is -2.45. The summed E-state index contributed by atoms with van der Waals surface area (Å²) in [4.78, 5) is 12.4. The van der Waals surface area contributed by atoms with Crippen LogP contribution in [0.5, 0.6) is 0 Å². The first kappa shape index (κ1) is 23.2. The normalized spacial score (nSPS) is 11.9. The van der Waals surface area contributed by atoms with E-state index in [0.717, 1.165) is 18.2 Å². The molecular weight excluding hydrogens is 408 g/mol. The first-order valence-electron chi connectivity index (χ1n) is 9.57. The molecule has 0 atom stereocenters. The zero-order chi connectivity index (χ0) is 21.7. The number of carbonyl (C=O) groups excluding carboxylic acids is 1. The quantitative estimate of drug-likeness (QED) is 0.636. The van der Waals surface area contributed by atoms with E-state index in [2.05, 4.69) is 5.32 Å². The van der Waals surface area contributed by atoms with Crippen LogP contribution in [0, 0.1) is 6.92 Å². The Hall–Kier alpha value is -2.05. The van der Waals surface area contributed by atoms with Gasteiger partial charge in [0, 0.05) is 23.5 Å². The Morgan fingerprint density at radius 1 is 1.10 bits per heavy atom. The summed E-state index contributed by atoms with van der Waals surface area (Å²) in [6.45, 7) is 5.97. The maximum atomic E-state index is 12.4. The highest BCUT2D eigenvalue weighted by Gasteiger charge is 2.23. The molecule has 7 heteroatoms. The molecule has 0 aromatic heterocycles. The molecule has 29 heavy (non-hydrogen) atoms. The standard InChI is InChI=1S/C22H29ClN2O3S/c1-17-19(23)12-8-13-20(17)25(29(4,27)28)15-9-14-21(26)24-22(2,3)16-18-10-6-5-7-11-18/h5-8,10-13H,9,14-16H2,1-4H3,(H,24,26). The Bertz CT molecular complexity index is 944. The molecule has 0 saturated carbocycles. The molecule has 0 saturated heterocycles. The SMILES string of the molecule is Cc1c(Cl)cccc1N(CCCC(=O)NC(C)(C)Cc1ccccc1)S(C)(=O)=O. The van der Waals surface area contributed by atoms with E-state index in [1.54, 1.807) is 25.1 Å². The predicted molar refractivity (Wildman–Crippen MR) is 120 cm³/mol. The van der Waals surface area contributed by atoms with E-state index in [1.165, 1.54) is 4.31 Å². The first-order valence-corrected chi connectivity index (χ1v) is 11.8. The van der Waals surface area contributed by atoms with Gasteiger partial charge in [-0.15, -0.1) is 0 Å². The van der Waals surface area contributed by atoms with Crippen LogP contribution in [0.2, 0.25) is 5.02 Å². The van der Waals surface area contributed by atoms with E-state index in [9.17, 15) is 13.2 Å². The Morgan fingerprint density at radius 2 is 1.76 bits per heavy atom. The second kappa shape index (κ2) is 9.63. The molecule has 0 radical (unpaired) electrons. The number of carbonyl (C=O) groups is 1. The summed E-state index contributed by atoms with van der Waals surface area (Å²) in [7, 11) is -3.49. The molecule has 1 amide bonds. The Morgan fingerprint density at radius 3 is 2.38 bits per heavy atom. The number of sulfonamides is 1. The lowest BCUT2D eigenvalue weighted by molar-refractivity contribution is -0.122. The number of rotatable bonds is 9. The van der Waals surface area contributed by atoms with Crippen molar-refractivity contribution in [3.8, 4) is 0 Å². The number of benzene rings is 2. The summed E-state index contributed by atoms with van der Waals surface area (Å²) in [6, 6.07) is 15.2. The van der Waals surface area contributed by atoms with Gasteiger partial charge < -0.3 is 5.32 Å². The predicted octanol–water partition coefficient (Wildman–Crippen LogP) is 4.33. The van der Waals surface area contributed by atoms with Crippen molar-refractivity contribution in [3.63, 3.8) is 0 Å². The number of hydrogen-bond acceptors (Lipinski definition) is 3. The van der Waals surface area contributed by atoms with Gasteiger partial charge in [-0.25, -0.2) is 8.42 Å². The van der Waals surface area contributed by atoms with Crippen LogP contribution in [0.4, 0.5) is 5.69 Å². The number of nitrogens with zero attached hydrogens (tertiary/aromatic N) is 1. The van der Waals surface area contributed by atoms with Gasteiger partial charge in [0.05, 0.1) is 11.9 Å². The molecule has 0 bridgehead atoms. The summed E-state index contributed by atoms with van der Waals surface area (Å²) in [5.74, 6) is -0.0952. The monoisotopic (exact) mass is 436 g/mol. The summed E-state index contributed by atoms with van der Waals surface area (Å²) < 4.78 is 25.9. The fraction of sp³-hybridized carbons (Fsp3) is 0.409. The third-order valence-electron chi connectivity index (χ3n) is 4.64. The second-order valence-corrected chi connectivity index (χ2v) is 10.2. The minimum Gasteiger partial charge on any atom is -0.351 e. The Kier molecular flexibility index (Phi) is 7.72. The van der Waals surface area contributed by atoms with Crippen LogP contribution in [-0.4, -0.2) is 32.7 Å². The van der Waals surface area contributed by atoms with Crippen LogP contribution >= 0.6 is 11.6 Å². The summed E-state index contributed by atoms with van der Waals surface area (Å²) >= 11 is 6.15. The van der Waals surface area contributed by atoms with Crippen LogP contribution in [-0.2, 0) is 21.2 Å². The minimum atomic E-state index is -3.49. The van der Waals surface area contributed by atoms with Gasteiger partial charge in [0.2, 0.25) is 15.9 Å². The van der Waals surface area contributed by atoms with Crippen molar-refractivity contribution >= 4 is 33.2 Å². The van der Waals surface area contributed by atoms with Gasteiger partial charge in [-0.2, -0.15) is 0 Å². The van der Waals surface area contributed by atoms with Gasteiger partial charge in [0.15, 0.2) is 0 Å². The largest absolute Gasteiger partial charge is 0.351 e. The van der Waals surface area contributed by atoms with Crippen molar-refractivity contribution in [1.82, 2.24) is 5.32 Å². The van der Waals surface area contributed by atoms with Gasteiger partial charge >= 0.3 is 0 Å². The average molecular weight is 437 g/mol. The van der Waals surface area contributed by atoms with Gasteiger partial charge in [-0.3, -0.25) is 9.10 Å². The summed E-state index contributed by atoms with van der Waals surface area (Å²) in [5, 5.41) is 3.56. The Labute approximate surface area is 179 Å². The Balaban J connectivity index is 1.97. The lowest BCUT2D eigenvalue weighted by atomic mass is 9.94. The van der Waals surface area contributed by atoms with E-state index in [0.29, 0.717) is 22.7 Å². The first-order chi connectivity index (χ1) is 13.5. The molecular formula is C22H29ClN2O3S. The van der Waals surface area contributed by atoms with E-state index in [-0.39, 0.29) is 18.9 Å². The van der Waals surface area contributed by atoms with E-state index >= 15 is 0 Å². The molecule has 158 valence electrons. The van der Waals surface area contributed by atoms with Crippen molar-refractivity contribution in [1.29, 1.82) is 0 Å². The fourth-order valence-electron chi connectivity index (χ4n) is 3.30. The fourth-order valence-corrected chi connectivity index (χ4v) is 4.49. The highest BCUT2D eigenvalue weighted by Crippen LogP contribution is 2.28. The topological polar surface area (TPSA) is 66.5 Å². The molecule has 2 aromatic carbocycles. The summed E-state index contributed by atoms with van der Waals surface area (Å²) in [5.41, 5.74) is 2.01. The van der Waals surface area contributed by atoms with Crippen molar-refractivity contribution in [2.45, 2.75) is 45.6 Å². The molecule has 0 fully saturated rings. The maximum Gasteiger partial charge on any atom is 0.232 e. The molecule has 2 aromatic rings. The molecule has 0 aliphatic heterocycles. The van der Waals surface area contributed by atoms with Crippen LogP contribution < -0.4 is 9.62 Å². The number of anilines is 1. The van der Waals surface area contributed by atoms with Crippen LogP contribution in [0.3, 0.4) is 0 Å². The van der Waals surface area contributed by atoms with Crippen LogP contribution in [0.25, 0.3) is 0 Å². The van der Waals surface area contributed by atoms with E-state index in [4.69, 9.17) is 11.6 Å². The molecule has 1 N–H and O–H groups in total. The molecule has 0 aliphatic rings. The average Bonchev–Trinajstić information content (AvgIpc) is 2.60. The highest BCUT2D eigenvalue weighted by molar-refractivity contribution is 7.92. The zero-order valence-electron chi connectivity index (χ0n) is 17.4. The zero-order valence-corrected chi connectivity index (χ0v) is 19.0. The smallest absolute Gasteiger partial charge is 0.232 e. The maximum absolute atomic E-state index is 12.4. The third-order valence-corrected chi connectivity index (χ3v) is 6.23. The number of hydrogen-bond donors (Lipinski definition) is 1. The van der Waals surface area contributed by atoms with Gasteiger partial charge in [0.25, 0.3) is 0 Å². The molecule has 0 spiro atoms. The molecule has 0 aliphatic carbocycles. The molecule has 2 rings (SSSR count). The van der Waals surface area contributed by atoms with Crippen molar-refractivity contribution in [2.24, 2.45) is 0 Å². The van der Waals surface area contributed by atoms with Crippen LogP contribution in [0.1, 0.15) is 37.8 Å². The van der Waals surface area contributed by atoms with Crippen molar-refractivity contribution in [2.75, 3.05) is 17.1 Å². The number of halogens is 1. The van der Waals surface area contributed by atoms with Gasteiger partial charge in [0.1, 0.15) is 0 Å². The van der Waals surface area contributed by atoms with Gasteiger partial charge in [-0.05, 0) is 56.9 Å². The van der Waals surface area contributed by atoms with E-state index < -0.39 is 15.6 Å². The highest BCUT2D eigenvalue weighted by atomic mass is 35.5. The lowest BCUT2D eigenvalue weighted by Gasteiger charge is -2.27. The third kappa shape index (κ3) is 7.05. The number of nitrogens with one attached hydrogen (secondary N) is 1. The summed E-state index contributed by atoms with van der Waals surface area (Å²) in [6.07, 6.45) is 2.53. The van der Waals surface area contributed by atoms with Gasteiger partial charge in [-0.1, -0.05) is 48.0 Å². The minimum absolute atomic E-state index is 0.0952. The number of amides is 1. The van der Waals surface area contributed by atoms with Crippen LogP contribution in [0.15, 0.2) is 48.5 Å².